The first kappa shape index (κ1) is 18.8. The van der Waals surface area contributed by atoms with Crippen LogP contribution in [0.4, 0.5) is 5.69 Å². The average molecular weight is 339 g/mol. The zero-order valence-corrected chi connectivity index (χ0v) is 15.5. The number of hydrogen-bond acceptors (Lipinski definition) is 3. The summed E-state index contributed by atoms with van der Waals surface area (Å²) in [4.78, 5) is 11.0. The molecule has 0 saturated carbocycles. The van der Waals surface area contributed by atoms with Crippen molar-refractivity contribution in [3.8, 4) is 0 Å². The Morgan fingerprint density at radius 2 is 1.84 bits per heavy atom. The van der Waals surface area contributed by atoms with Gasteiger partial charge in [-0.25, -0.2) is 0 Å². The smallest absolute Gasteiger partial charge is 0.191 e. The number of aromatic nitrogens is 1. The van der Waals surface area contributed by atoms with E-state index in [0.29, 0.717) is 0 Å². The maximum atomic E-state index is 4.33. The van der Waals surface area contributed by atoms with Gasteiger partial charge in [0, 0.05) is 57.2 Å². The maximum absolute atomic E-state index is 4.33. The van der Waals surface area contributed by atoms with E-state index in [-0.39, 0.29) is 0 Å². The second-order valence-corrected chi connectivity index (χ2v) is 5.86. The van der Waals surface area contributed by atoms with Gasteiger partial charge in [-0.3, -0.25) is 9.98 Å². The van der Waals surface area contributed by atoms with Crippen molar-refractivity contribution in [1.82, 2.24) is 15.6 Å². The van der Waals surface area contributed by atoms with Crippen molar-refractivity contribution >= 4 is 11.6 Å². The number of pyridine rings is 1. The molecule has 0 atom stereocenters. The van der Waals surface area contributed by atoms with E-state index in [1.165, 1.54) is 11.3 Å². The Morgan fingerprint density at radius 3 is 2.52 bits per heavy atom. The summed E-state index contributed by atoms with van der Waals surface area (Å²) >= 11 is 0. The maximum Gasteiger partial charge on any atom is 0.191 e. The summed E-state index contributed by atoms with van der Waals surface area (Å²) in [6, 6.07) is 14.5. The van der Waals surface area contributed by atoms with Crippen molar-refractivity contribution in [2.75, 3.05) is 38.1 Å². The van der Waals surface area contributed by atoms with Crippen LogP contribution in [-0.4, -0.2) is 44.2 Å². The van der Waals surface area contributed by atoms with Gasteiger partial charge < -0.3 is 15.5 Å². The van der Waals surface area contributed by atoms with Gasteiger partial charge in [0.05, 0.1) is 0 Å². The topological polar surface area (TPSA) is 52.5 Å². The SMILES string of the molecule is CCN(CCNC(=NC)NCCc1ccccn1)c1ccccc1C. The molecule has 5 heteroatoms. The van der Waals surface area contributed by atoms with E-state index in [1.54, 1.807) is 7.05 Å². The molecule has 0 bridgehead atoms. The third kappa shape index (κ3) is 6.10. The molecule has 0 aliphatic rings. The number of aliphatic imine (C=N–C) groups is 1. The summed E-state index contributed by atoms with van der Waals surface area (Å²) < 4.78 is 0. The third-order valence-electron chi connectivity index (χ3n) is 4.14. The molecule has 0 amide bonds. The number of aryl methyl sites for hydroxylation is 1. The van der Waals surface area contributed by atoms with Crippen molar-refractivity contribution in [1.29, 1.82) is 0 Å². The second kappa shape index (κ2) is 10.3. The molecule has 2 aromatic rings. The van der Waals surface area contributed by atoms with Gasteiger partial charge in [-0.05, 0) is 37.6 Å². The van der Waals surface area contributed by atoms with Gasteiger partial charge in [-0.15, -0.1) is 0 Å². The highest BCUT2D eigenvalue weighted by atomic mass is 15.2. The molecule has 0 fully saturated rings. The molecule has 1 heterocycles. The zero-order chi connectivity index (χ0) is 17.9. The first-order valence-electron chi connectivity index (χ1n) is 8.89. The Bertz CT molecular complexity index is 654. The van der Waals surface area contributed by atoms with Crippen molar-refractivity contribution in [2.24, 2.45) is 4.99 Å². The zero-order valence-electron chi connectivity index (χ0n) is 15.5. The van der Waals surface area contributed by atoms with E-state index < -0.39 is 0 Å². The summed E-state index contributed by atoms with van der Waals surface area (Å²) in [5, 5.41) is 6.73. The number of para-hydroxylation sites is 1. The molecular weight excluding hydrogens is 310 g/mol. The quantitative estimate of drug-likeness (QED) is 0.573. The fourth-order valence-corrected chi connectivity index (χ4v) is 2.75. The highest BCUT2D eigenvalue weighted by Gasteiger charge is 2.06. The second-order valence-electron chi connectivity index (χ2n) is 5.86. The van der Waals surface area contributed by atoms with E-state index in [9.17, 15) is 0 Å². The molecule has 1 aromatic heterocycles. The number of nitrogens with zero attached hydrogens (tertiary/aromatic N) is 3. The number of likely N-dealkylation sites (N-methyl/N-ethyl adjacent to an activating group) is 1. The molecule has 134 valence electrons. The first-order valence-corrected chi connectivity index (χ1v) is 8.89. The summed E-state index contributed by atoms with van der Waals surface area (Å²) in [5.74, 6) is 0.830. The predicted octanol–water partition coefficient (Wildman–Crippen LogP) is 2.62. The monoisotopic (exact) mass is 339 g/mol. The average Bonchev–Trinajstić information content (AvgIpc) is 2.65. The van der Waals surface area contributed by atoms with Crippen molar-refractivity contribution < 1.29 is 0 Å². The minimum absolute atomic E-state index is 0.811. The lowest BCUT2D eigenvalue weighted by Gasteiger charge is -2.25. The Labute approximate surface area is 151 Å². The summed E-state index contributed by atoms with van der Waals surface area (Å²) in [5.41, 5.74) is 3.69. The summed E-state index contributed by atoms with van der Waals surface area (Å²) in [6.07, 6.45) is 2.71. The molecule has 2 rings (SSSR count). The van der Waals surface area contributed by atoms with E-state index in [1.807, 2.05) is 24.4 Å². The van der Waals surface area contributed by atoms with Crippen LogP contribution in [0.15, 0.2) is 53.7 Å². The lowest BCUT2D eigenvalue weighted by molar-refractivity contribution is 0.743. The molecule has 25 heavy (non-hydrogen) atoms. The minimum Gasteiger partial charge on any atom is -0.370 e. The number of anilines is 1. The van der Waals surface area contributed by atoms with Crippen LogP contribution >= 0.6 is 0 Å². The Balaban J connectivity index is 1.75. The highest BCUT2D eigenvalue weighted by Crippen LogP contribution is 2.18. The number of hydrogen-bond donors (Lipinski definition) is 2. The number of rotatable bonds is 8. The summed E-state index contributed by atoms with van der Waals surface area (Å²) in [6.45, 7) is 7.91. The molecular formula is C20H29N5. The molecule has 2 N–H and O–H groups in total. The van der Waals surface area contributed by atoms with Crippen LogP contribution in [-0.2, 0) is 6.42 Å². The van der Waals surface area contributed by atoms with Crippen LogP contribution in [0.5, 0.6) is 0 Å². The van der Waals surface area contributed by atoms with Gasteiger partial charge >= 0.3 is 0 Å². The molecule has 0 aliphatic carbocycles. The number of nitrogens with one attached hydrogen (secondary N) is 2. The van der Waals surface area contributed by atoms with Crippen LogP contribution in [0, 0.1) is 6.92 Å². The third-order valence-corrected chi connectivity index (χ3v) is 4.14. The molecule has 0 unspecified atom stereocenters. The van der Waals surface area contributed by atoms with Crippen LogP contribution in [0.25, 0.3) is 0 Å². The Hall–Kier alpha value is -2.56. The van der Waals surface area contributed by atoms with Crippen LogP contribution in [0.3, 0.4) is 0 Å². The van der Waals surface area contributed by atoms with E-state index in [4.69, 9.17) is 0 Å². The first-order chi connectivity index (χ1) is 12.2. The van der Waals surface area contributed by atoms with Crippen LogP contribution in [0.1, 0.15) is 18.2 Å². The van der Waals surface area contributed by atoms with Crippen molar-refractivity contribution in [3.63, 3.8) is 0 Å². The fourth-order valence-electron chi connectivity index (χ4n) is 2.75. The Morgan fingerprint density at radius 1 is 1.08 bits per heavy atom. The normalized spacial score (nSPS) is 11.2. The minimum atomic E-state index is 0.811. The molecule has 0 radical (unpaired) electrons. The van der Waals surface area contributed by atoms with Gasteiger partial charge in [-0.1, -0.05) is 24.3 Å². The lowest BCUT2D eigenvalue weighted by atomic mass is 10.2. The molecule has 0 saturated heterocycles. The molecule has 5 nitrogen and oxygen atoms in total. The largest absolute Gasteiger partial charge is 0.370 e. The van der Waals surface area contributed by atoms with Crippen LogP contribution < -0.4 is 15.5 Å². The van der Waals surface area contributed by atoms with E-state index in [0.717, 1.165) is 44.3 Å². The standard InChI is InChI=1S/C20H29N5/c1-4-25(19-11-6-5-9-17(19)2)16-15-24-20(21-3)23-14-12-18-10-7-8-13-22-18/h5-11,13H,4,12,14-16H2,1-3H3,(H2,21,23,24). The Kier molecular flexibility index (Phi) is 7.76. The van der Waals surface area contributed by atoms with Gasteiger partial charge in [0.1, 0.15) is 0 Å². The van der Waals surface area contributed by atoms with Crippen molar-refractivity contribution in [2.45, 2.75) is 20.3 Å². The van der Waals surface area contributed by atoms with Crippen LogP contribution in [0.2, 0.25) is 0 Å². The fraction of sp³-hybridized carbons (Fsp3) is 0.400. The molecule has 0 spiro atoms. The lowest BCUT2D eigenvalue weighted by Crippen LogP contribution is -2.42. The summed E-state index contributed by atoms with van der Waals surface area (Å²) in [7, 11) is 1.80. The van der Waals surface area contributed by atoms with E-state index in [2.05, 4.69) is 63.6 Å². The number of benzene rings is 1. The molecule has 0 aliphatic heterocycles. The van der Waals surface area contributed by atoms with Gasteiger partial charge in [0.2, 0.25) is 0 Å². The van der Waals surface area contributed by atoms with Gasteiger partial charge in [0.25, 0.3) is 0 Å². The predicted molar refractivity (Wildman–Crippen MR) is 106 cm³/mol. The number of guanidine groups is 1. The van der Waals surface area contributed by atoms with Gasteiger partial charge in [0.15, 0.2) is 5.96 Å². The van der Waals surface area contributed by atoms with Gasteiger partial charge in [-0.2, -0.15) is 0 Å². The van der Waals surface area contributed by atoms with Crippen molar-refractivity contribution in [3.05, 3.63) is 59.9 Å². The highest BCUT2D eigenvalue weighted by molar-refractivity contribution is 5.79. The van der Waals surface area contributed by atoms with E-state index >= 15 is 0 Å². The molecule has 1 aromatic carbocycles.